The Hall–Kier alpha value is -3.44. The molecule has 0 aliphatic carbocycles. The summed E-state index contributed by atoms with van der Waals surface area (Å²) in [7, 11) is 2.15. The van der Waals surface area contributed by atoms with Crippen molar-refractivity contribution in [2.45, 2.75) is 39.2 Å². The number of hydrogen-bond donors (Lipinski definition) is 1. The number of benzene rings is 1. The number of carbonyl (C=O) groups is 1. The highest BCUT2D eigenvalue weighted by molar-refractivity contribution is 5.99. The molecule has 0 bridgehead atoms. The van der Waals surface area contributed by atoms with E-state index in [1.165, 1.54) is 0 Å². The van der Waals surface area contributed by atoms with E-state index in [2.05, 4.69) is 41.9 Å². The van der Waals surface area contributed by atoms with Crippen LogP contribution in [0.25, 0.3) is 22.2 Å². The molecule has 0 unspecified atom stereocenters. The summed E-state index contributed by atoms with van der Waals surface area (Å²) in [5.74, 6) is 0.795. The molecule has 2 aromatic heterocycles. The van der Waals surface area contributed by atoms with E-state index < -0.39 is 0 Å². The predicted octanol–water partition coefficient (Wildman–Crippen LogP) is 3.77. The molecule has 0 radical (unpaired) electrons. The number of nitrogens with one attached hydrogen (secondary N) is 1. The number of nitrogens with zero attached hydrogens (tertiary/aromatic N) is 5. The zero-order valence-electron chi connectivity index (χ0n) is 19.3. The van der Waals surface area contributed by atoms with Gasteiger partial charge in [-0.3, -0.25) is 4.79 Å². The maximum Gasteiger partial charge on any atom is 0.262 e. The molecule has 0 atom stereocenters. The van der Waals surface area contributed by atoms with E-state index in [0.717, 1.165) is 53.8 Å². The Morgan fingerprint density at radius 2 is 2.09 bits per heavy atom. The number of anilines is 1. The van der Waals surface area contributed by atoms with Crippen LogP contribution in [0.4, 0.5) is 5.69 Å². The monoisotopic (exact) mass is 444 g/mol. The van der Waals surface area contributed by atoms with Gasteiger partial charge >= 0.3 is 0 Å². The summed E-state index contributed by atoms with van der Waals surface area (Å²) in [6, 6.07) is 8.38. The molecule has 1 aromatic carbocycles. The van der Waals surface area contributed by atoms with Crippen LogP contribution in [0, 0.1) is 17.2 Å². The Kier molecular flexibility index (Phi) is 5.51. The van der Waals surface area contributed by atoms with Crippen LogP contribution in [-0.2, 0) is 11.2 Å². The SMILES string of the molecule is CC(C)Cc1nc2c(cnn2C2CCN(C)CC2)c(-c2ccc3c(c2)OCC(=O)N3)c1C#N. The van der Waals surface area contributed by atoms with E-state index in [9.17, 15) is 10.1 Å². The topological polar surface area (TPSA) is 96.1 Å². The highest BCUT2D eigenvalue weighted by Gasteiger charge is 2.26. The molecule has 3 aromatic rings. The molecule has 0 saturated carbocycles. The number of aromatic nitrogens is 3. The van der Waals surface area contributed by atoms with Crippen molar-refractivity contribution in [3.05, 3.63) is 35.7 Å². The highest BCUT2D eigenvalue weighted by atomic mass is 16.5. The van der Waals surface area contributed by atoms with Gasteiger partial charge in [0.2, 0.25) is 0 Å². The fraction of sp³-hybridized carbons (Fsp3) is 0.440. The van der Waals surface area contributed by atoms with Gasteiger partial charge in [-0.25, -0.2) is 9.67 Å². The number of fused-ring (bicyclic) bond motifs is 2. The second-order valence-electron chi connectivity index (χ2n) is 9.43. The van der Waals surface area contributed by atoms with Crippen molar-refractivity contribution in [3.63, 3.8) is 0 Å². The van der Waals surface area contributed by atoms with Gasteiger partial charge in [-0.15, -0.1) is 0 Å². The Morgan fingerprint density at radius 1 is 1.30 bits per heavy atom. The minimum absolute atomic E-state index is 0.0139. The van der Waals surface area contributed by atoms with Gasteiger partial charge < -0.3 is 15.0 Å². The normalized spacial score (nSPS) is 17.0. The first-order valence-corrected chi connectivity index (χ1v) is 11.5. The molecule has 2 aliphatic heterocycles. The van der Waals surface area contributed by atoms with Crippen LogP contribution in [0.5, 0.6) is 5.75 Å². The van der Waals surface area contributed by atoms with Crippen molar-refractivity contribution in [2.24, 2.45) is 5.92 Å². The first-order valence-electron chi connectivity index (χ1n) is 11.5. The summed E-state index contributed by atoms with van der Waals surface area (Å²) in [6.07, 6.45) is 4.60. The molecule has 2 aliphatic rings. The van der Waals surface area contributed by atoms with Crippen molar-refractivity contribution in [2.75, 3.05) is 32.1 Å². The second kappa shape index (κ2) is 8.49. The zero-order valence-corrected chi connectivity index (χ0v) is 19.3. The molecule has 8 heteroatoms. The molecule has 1 saturated heterocycles. The van der Waals surface area contributed by atoms with Gasteiger partial charge in [0.15, 0.2) is 12.3 Å². The summed E-state index contributed by atoms with van der Waals surface area (Å²) >= 11 is 0. The van der Waals surface area contributed by atoms with Crippen molar-refractivity contribution < 1.29 is 9.53 Å². The fourth-order valence-electron chi connectivity index (χ4n) is 4.80. The number of carbonyl (C=O) groups excluding carboxylic acids is 1. The quantitative estimate of drug-likeness (QED) is 0.658. The Labute approximate surface area is 193 Å². The molecule has 1 fully saturated rings. The lowest BCUT2D eigenvalue weighted by atomic mass is 9.93. The molecule has 33 heavy (non-hydrogen) atoms. The van der Waals surface area contributed by atoms with E-state index in [0.29, 0.717) is 35.4 Å². The number of amides is 1. The average molecular weight is 445 g/mol. The Bertz CT molecular complexity index is 1260. The standard InChI is InChI=1S/C25H28N6O2/c1-15(2)10-21-18(12-26)24(16-4-5-20-22(11-16)33-14-23(32)28-20)19-13-27-31(25(19)29-21)17-6-8-30(3)9-7-17/h4-5,11,13,15,17H,6-10,14H2,1-3H3,(H,28,32). The molecule has 1 N–H and O–H groups in total. The summed E-state index contributed by atoms with van der Waals surface area (Å²) < 4.78 is 7.71. The zero-order chi connectivity index (χ0) is 23.1. The van der Waals surface area contributed by atoms with E-state index in [-0.39, 0.29) is 12.5 Å². The van der Waals surface area contributed by atoms with Gasteiger partial charge in [0.1, 0.15) is 11.8 Å². The lowest BCUT2D eigenvalue weighted by Gasteiger charge is -2.29. The highest BCUT2D eigenvalue weighted by Crippen LogP contribution is 2.39. The van der Waals surface area contributed by atoms with Crippen LogP contribution in [-0.4, -0.2) is 52.3 Å². The number of likely N-dealkylation sites (tertiary alicyclic amines) is 1. The number of hydrogen-bond acceptors (Lipinski definition) is 6. The Balaban J connectivity index is 1.70. The minimum atomic E-state index is -0.169. The summed E-state index contributed by atoms with van der Waals surface area (Å²) in [5.41, 5.74) is 4.56. The number of piperidine rings is 1. The molecule has 4 heterocycles. The third-order valence-corrected chi connectivity index (χ3v) is 6.47. The van der Waals surface area contributed by atoms with Crippen LogP contribution in [0.1, 0.15) is 44.0 Å². The van der Waals surface area contributed by atoms with Crippen LogP contribution < -0.4 is 10.1 Å². The molecule has 1 amide bonds. The summed E-state index contributed by atoms with van der Waals surface area (Å²) in [6.45, 7) is 6.32. The molecular formula is C25H28N6O2. The number of ether oxygens (including phenoxy) is 1. The first-order chi connectivity index (χ1) is 15.9. The molecule has 0 spiro atoms. The Morgan fingerprint density at radius 3 is 2.82 bits per heavy atom. The van der Waals surface area contributed by atoms with E-state index in [1.807, 2.05) is 24.4 Å². The van der Waals surface area contributed by atoms with Crippen molar-refractivity contribution >= 4 is 22.6 Å². The first kappa shape index (κ1) is 21.4. The summed E-state index contributed by atoms with van der Waals surface area (Å²) in [4.78, 5) is 19.0. The van der Waals surface area contributed by atoms with Crippen molar-refractivity contribution in [1.82, 2.24) is 19.7 Å². The maximum atomic E-state index is 11.7. The number of pyridine rings is 1. The van der Waals surface area contributed by atoms with Crippen LogP contribution >= 0.6 is 0 Å². The maximum absolute atomic E-state index is 11.7. The van der Waals surface area contributed by atoms with Crippen LogP contribution in [0.15, 0.2) is 24.4 Å². The second-order valence-corrected chi connectivity index (χ2v) is 9.43. The van der Waals surface area contributed by atoms with Gasteiger partial charge in [0, 0.05) is 10.9 Å². The van der Waals surface area contributed by atoms with Gasteiger partial charge in [-0.1, -0.05) is 19.9 Å². The lowest BCUT2D eigenvalue weighted by molar-refractivity contribution is -0.118. The van der Waals surface area contributed by atoms with Crippen molar-refractivity contribution in [1.29, 1.82) is 5.26 Å². The number of rotatable bonds is 4. The average Bonchev–Trinajstić information content (AvgIpc) is 3.21. The van der Waals surface area contributed by atoms with E-state index in [4.69, 9.17) is 14.8 Å². The van der Waals surface area contributed by atoms with Gasteiger partial charge in [0.05, 0.1) is 29.2 Å². The molecule has 170 valence electrons. The van der Waals surface area contributed by atoms with Gasteiger partial charge in [0.25, 0.3) is 5.91 Å². The minimum Gasteiger partial charge on any atom is -0.482 e. The molecular weight excluding hydrogens is 416 g/mol. The smallest absolute Gasteiger partial charge is 0.262 e. The largest absolute Gasteiger partial charge is 0.482 e. The van der Waals surface area contributed by atoms with Gasteiger partial charge in [-0.05, 0) is 63.0 Å². The van der Waals surface area contributed by atoms with E-state index in [1.54, 1.807) is 0 Å². The molecule has 5 rings (SSSR count). The predicted molar refractivity (Wildman–Crippen MR) is 126 cm³/mol. The third kappa shape index (κ3) is 3.93. The van der Waals surface area contributed by atoms with Gasteiger partial charge in [-0.2, -0.15) is 10.4 Å². The van der Waals surface area contributed by atoms with Crippen LogP contribution in [0.3, 0.4) is 0 Å². The molecule has 8 nitrogen and oxygen atoms in total. The number of nitriles is 1. The summed E-state index contributed by atoms with van der Waals surface area (Å²) in [5, 5.41) is 18.6. The van der Waals surface area contributed by atoms with Crippen molar-refractivity contribution in [3.8, 4) is 22.9 Å². The fourth-order valence-corrected chi connectivity index (χ4v) is 4.80. The third-order valence-electron chi connectivity index (χ3n) is 6.47. The van der Waals surface area contributed by atoms with E-state index >= 15 is 0 Å². The lowest BCUT2D eigenvalue weighted by Crippen LogP contribution is -2.32. The van der Waals surface area contributed by atoms with Crippen LogP contribution in [0.2, 0.25) is 0 Å².